The van der Waals surface area contributed by atoms with Crippen LogP contribution in [-0.4, -0.2) is 17.6 Å². The van der Waals surface area contributed by atoms with Crippen LogP contribution >= 0.6 is 15.9 Å². The number of rotatable bonds is 3. The molecule has 1 heterocycles. The normalized spacial score (nSPS) is 22.5. The predicted octanol–water partition coefficient (Wildman–Crippen LogP) is 5.98. The topological polar surface area (TPSA) is 24.7 Å². The monoisotopic (exact) mass is 404 g/mol. The highest BCUT2D eigenvalue weighted by atomic mass is 79.9. The molecule has 0 aromatic heterocycles. The predicted molar refractivity (Wildman–Crippen MR) is 113 cm³/mol. The summed E-state index contributed by atoms with van der Waals surface area (Å²) in [6.45, 7) is 2.26. The second kappa shape index (κ2) is 7.55. The number of halogens is 1. The van der Waals surface area contributed by atoms with Crippen molar-refractivity contribution < 1.29 is 0 Å². The van der Waals surface area contributed by atoms with Gasteiger partial charge in [0.25, 0.3) is 0 Å². The fourth-order valence-electron chi connectivity index (χ4n) is 3.42. The highest BCUT2D eigenvalue weighted by Crippen LogP contribution is 2.27. The molecular weight excluding hydrogens is 384 g/mol. The SMILES string of the molecule is CC1C=C(C2CC(c3ccccc3)=NC(c3ccc(Br)cc3)=N2)C=CC1. The van der Waals surface area contributed by atoms with Crippen molar-refractivity contribution in [3.05, 3.63) is 94.0 Å². The summed E-state index contributed by atoms with van der Waals surface area (Å²) in [7, 11) is 0. The van der Waals surface area contributed by atoms with Gasteiger partial charge in [0.15, 0.2) is 5.84 Å². The van der Waals surface area contributed by atoms with Gasteiger partial charge in [-0.15, -0.1) is 0 Å². The molecule has 1 aliphatic carbocycles. The van der Waals surface area contributed by atoms with E-state index in [2.05, 4.69) is 77.5 Å². The van der Waals surface area contributed by atoms with E-state index in [0.717, 1.165) is 34.4 Å². The summed E-state index contributed by atoms with van der Waals surface area (Å²) in [5.41, 5.74) is 4.65. The average Bonchev–Trinajstić information content (AvgIpc) is 2.69. The molecular formula is C23H21BrN2. The van der Waals surface area contributed by atoms with Gasteiger partial charge in [0.1, 0.15) is 0 Å². The van der Waals surface area contributed by atoms with E-state index < -0.39 is 0 Å². The Bertz CT molecular complexity index is 905. The summed E-state index contributed by atoms with van der Waals surface area (Å²) in [4.78, 5) is 9.93. The van der Waals surface area contributed by atoms with Gasteiger partial charge in [0.2, 0.25) is 0 Å². The fraction of sp³-hybridized carbons (Fsp3) is 0.217. The molecule has 26 heavy (non-hydrogen) atoms. The minimum atomic E-state index is 0.125. The van der Waals surface area contributed by atoms with Crippen LogP contribution in [0.2, 0.25) is 0 Å². The van der Waals surface area contributed by atoms with Crippen molar-refractivity contribution in [3.63, 3.8) is 0 Å². The lowest BCUT2D eigenvalue weighted by molar-refractivity contribution is 0.702. The van der Waals surface area contributed by atoms with E-state index in [-0.39, 0.29) is 6.04 Å². The van der Waals surface area contributed by atoms with Crippen LogP contribution in [0.3, 0.4) is 0 Å². The van der Waals surface area contributed by atoms with Crippen molar-refractivity contribution >= 4 is 27.5 Å². The lowest BCUT2D eigenvalue weighted by Crippen LogP contribution is -2.24. The maximum Gasteiger partial charge on any atom is 0.155 e. The van der Waals surface area contributed by atoms with Crippen LogP contribution in [0.25, 0.3) is 0 Å². The van der Waals surface area contributed by atoms with E-state index in [1.165, 1.54) is 11.1 Å². The van der Waals surface area contributed by atoms with E-state index in [9.17, 15) is 0 Å². The van der Waals surface area contributed by atoms with Crippen LogP contribution in [0.4, 0.5) is 0 Å². The molecule has 0 N–H and O–H groups in total. The van der Waals surface area contributed by atoms with Gasteiger partial charge in [-0.25, -0.2) is 4.99 Å². The maximum absolute atomic E-state index is 5.01. The molecule has 4 rings (SSSR count). The molecule has 0 radical (unpaired) electrons. The summed E-state index contributed by atoms with van der Waals surface area (Å²) in [6, 6.07) is 18.8. The van der Waals surface area contributed by atoms with Crippen molar-refractivity contribution in [1.82, 2.24) is 0 Å². The fourth-order valence-corrected chi connectivity index (χ4v) is 3.68. The zero-order valence-corrected chi connectivity index (χ0v) is 16.4. The molecule has 0 saturated carbocycles. The van der Waals surface area contributed by atoms with Gasteiger partial charge >= 0.3 is 0 Å². The van der Waals surface area contributed by atoms with Crippen molar-refractivity contribution in [2.24, 2.45) is 15.9 Å². The zero-order chi connectivity index (χ0) is 17.9. The Hall–Kier alpha value is -2.26. The summed E-state index contributed by atoms with van der Waals surface area (Å²) in [5.74, 6) is 1.39. The highest BCUT2D eigenvalue weighted by Gasteiger charge is 2.23. The standard InChI is InChI=1S/C23H21BrN2/c1-16-6-5-9-19(14-16)22-15-21(17-7-3-2-4-8-17)25-23(26-22)18-10-12-20(24)13-11-18/h2-5,7-14,16,22H,6,15H2,1H3. The Kier molecular flexibility index (Phi) is 4.98. The van der Waals surface area contributed by atoms with E-state index in [4.69, 9.17) is 9.98 Å². The zero-order valence-electron chi connectivity index (χ0n) is 14.8. The van der Waals surface area contributed by atoms with Gasteiger partial charge in [0.05, 0.1) is 11.8 Å². The Morgan fingerprint density at radius 3 is 2.46 bits per heavy atom. The van der Waals surface area contributed by atoms with Gasteiger partial charge in [-0.3, -0.25) is 4.99 Å². The molecule has 0 spiro atoms. The second-order valence-corrected chi connectivity index (χ2v) is 7.80. The lowest BCUT2D eigenvalue weighted by Gasteiger charge is -2.24. The van der Waals surface area contributed by atoms with Gasteiger partial charge < -0.3 is 0 Å². The number of amidine groups is 1. The molecule has 130 valence electrons. The van der Waals surface area contributed by atoms with Gasteiger partial charge in [0, 0.05) is 16.5 Å². The Morgan fingerprint density at radius 2 is 1.73 bits per heavy atom. The smallest absolute Gasteiger partial charge is 0.155 e. The number of allylic oxidation sites excluding steroid dienone is 2. The van der Waals surface area contributed by atoms with E-state index >= 15 is 0 Å². The first-order valence-corrected chi connectivity index (χ1v) is 9.83. The first-order chi connectivity index (χ1) is 12.7. The number of hydrogen-bond donors (Lipinski definition) is 0. The van der Waals surface area contributed by atoms with Crippen molar-refractivity contribution in [2.75, 3.05) is 0 Å². The number of nitrogens with zero attached hydrogens (tertiary/aromatic N) is 2. The largest absolute Gasteiger partial charge is 0.258 e. The lowest BCUT2D eigenvalue weighted by atomic mass is 9.89. The summed E-state index contributed by atoms with van der Waals surface area (Å²) < 4.78 is 1.06. The van der Waals surface area contributed by atoms with Gasteiger partial charge in [-0.05, 0) is 35.6 Å². The van der Waals surface area contributed by atoms with Crippen LogP contribution in [0.1, 0.15) is 30.9 Å². The third-order valence-corrected chi connectivity index (χ3v) is 5.32. The molecule has 1 aliphatic heterocycles. The Balaban J connectivity index is 1.76. The number of hydrogen-bond acceptors (Lipinski definition) is 2. The minimum Gasteiger partial charge on any atom is -0.258 e. The van der Waals surface area contributed by atoms with Gasteiger partial charge in [-0.2, -0.15) is 0 Å². The highest BCUT2D eigenvalue weighted by molar-refractivity contribution is 9.10. The summed E-state index contributed by atoms with van der Waals surface area (Å²) in [6.07, 6.45) is 8.82. The molecule has 0 amide bonds. The van der Waals surface area contributed by atoms with Gasteiger partial charge in [-0.1, -0.05) is 83.5 Å². The van der Waals surface area contributed by atoms with Crippen molar-refractivity contribution in [3.8, 4) is 0 Å². The second-order valence-electron chi connectivity index (χ2n) is 6.89. The van der Waals surface area contributed by atoms with E-state index in [0.29, 0.717) is 5.92 Å². The van der Waals surface area contributed by atoms with Crippen molar-refractivity contribution in [1.29, 1.82) is 0 Å². The molecule has 3 heteroatoms. The molecule has 2 atom stereocenters. The maximum atomic E-state index is 5.01. The molecule has 0 fully saturated rings. The van der Waals surface area contributed by atoms with Crippen LogP contribution in [0.15, 0.2) is 92.9 Å². The van der Waals surface area contributed by atoms with Crippen LogP contribution in [-0.2, 0) is 0 Å². The van der Waals surface area contributed by atoms with Crippen LogP contribution in [0, 0.1) is 5.92 Å². The van der Waals surface area contributed by atoms with Crippen LogP contribution < -0.4 is 0 Å². The first-order valence-electron chi connectivity index (χ1n) is 9.04. The Labute approximate surface area is 163 Å². The molecule has 2 unspecified atom stereocenters. The minimum absolute atomic E-state index is 0.125. The molecule has 0 bridgehead atoms. The molecule has 2 aromatic carbocycles. The molecule has 2 nitrogen and oxygen atoms in total. The Morgan fingerprint density at radius 1 is 0.962 bits per heavy atom. The number of aliphatic imine (C=N–C) groups is 2. The third-order valence-electron chi connectivity index (χ3n) is 4.80. The van der Waals surface area contributed by atoms with E-state index in [1.807, 2.05) is 18.2 Å². The molecule has 2 aromatic rings. The van der Waals surface area contributed by atoms with Crippen LogP contribution in [0.5, 0.6) is 0 Å². The molecule has 2 aliphatic rings. The van der Waals surface area contributed by atoms with E-state index in [1.54, 1.807) is 0 Å². The first kappa shape index (κ1) is 17.2. The average molecular weight is 405 g/mol. The summed E-state index contributed by atoms with van der Waals surface area (Å²) in [5, 5.41) is 0. The number of benzene rings is 2. The third kappa shape index (κ3) is 3.78. The van der Waals surface area contributed by atoms with Crippen molar-refractivity contribution in [2.45, 2.75) is 25.8 Å². The molecule has 0 saturated heterocycles. The quantitative estimate of drug-likeness (QED) is 0.600. The summed E-state index contributed by atoms with van der Waals surface area (Å²) >= 11 is 3.51.